The highest BCUT2D eigenvalue weighted by atomic mass is 35.5. The normalized spacial score (nSPS) is 16.0. The molecule has 0 saturated carbocycles. The molecule has 0 bridgehead atoms. The minimum atomic E-state index is -3.45. The summed E-state index contributed by atoms with van der Waals surface area (Å²) in [5.74, 6) is -0.230. The highest BCUT2D eigenvalue weighted by Crippen LogP contribution is 2.23. The van der Waals surface area contributed by atoms with Crippen LogP contribution in [0.5, 0.6) is 0 Å². The van der Waals surface area contributed by atoms with Gasteiger partial charge in [-0.05, 0) is 68.7 Å². The van der Waals surface area contributed by atoms with E-state index in [2.05, 4.69) is 10.6 Å². The summed E-state index contributed by atoms with van der Waals surface area (Å²) in [6, 6.07) is 11.3. The van der Waals surface area contributed by atoms with Gasteiger partial charge in [-0.2, -0.15) is 4.31 Å². The van der Waals surface area contributed by atoms with Gasteiger partial charge in [0.05, 0.1) is 4.90 Å². The number of amides is 1. The summed E-state index contributed by atoms with van der Waals surface area (Å²) in [4.78, 5) is 12.7. The van der Waals surface area contributed by atoms with Crippen LogP contribution in [0.2, 0.25) is 5.02 Å². The molecule has 1 amide bonds. The number of aryl methyl sites for hydroxylation is 1. The van der Waals surface area contributed by atoms with Crippen LogP contribution in [0.25, 0.3) is 0 Å². The summed E-state index contributed by atoms with van der Waals surface area (Å²) in [6.45, 7) is 4.78. The molecule has 1 heterocycles. The molecule has 0 radical (unpaired) electrons. The van der Waals surface area contributed by atoms with Gasteiger partial charge >= 0.3 is 0 Å². The van der Waals surface area contributed by atoms with E-state index in [1.807, 2.05) is 19.1 Å². The molecule has 0 spiro atoms. The Balaban J connectivity index is 1.62. The Hall–Kier alpha value is -2.09. The van der Waals surface area contributed by atoms with Crippen molar-refractivity contribution in [2.45, 2.75) is 37.6 Å². The molecule has 8 heteroatoms. The van der Waals surface area contributed by atoms with Gasteiger partial charge in [0.2, 0.25) is 15.9 Å². The number of carbonyl (C=O) groups is 1. The lowest BCUT2D eigenvalue weighted by atomic mass is 10.2. The average molecular weight is 422 g/mol. The maximum atomic E-state index is 12.5. The summed E-state index contributed by atoms with van der Waals surface area (Å²) < 4.78 is 26.6. The van der Waals surface area contributed by atoms with Crippen LogP contribution in [0.15, 0.2) is 47.4 Å². The van der Waals surface area contributed by atoms with E-state index in [9.17, 15) is 13.2 Å². The van der Waals surface area contributed by atoms with Gasteiger partial charge < -0.3 is 10.6 Å². The number of anilines is 2. The Kier molecular flexibility index (Phi) is 6.27. The third-order valence-corrected chi connectivity index (χ3v) is 7.09. The monoisotopic (exact) mass is 421 g/mol. The summed E-state index contributed by atoms with van der Waals surface area (Å²) in [7, 11) is -3.45. The molecule has 0 aromatic heterocycles. The van der Waals surface area contributed by atoms with Crippen molar-refractivity contribution < 1.29 is 13.2 Å². The fourth-order valence-corrected chi connectivity index (χ4v) is 4.73. The third-order valence-electron chi connectivity index (χ3n) is 4.77. The lowest BCUT2D eigenvalue weighted by molar-refractivity contribution is -0.116. The van der Waals surface area contributed by atoms with Crippen molar-refractivity contribution in [2.75, 3.05) is 23.7 Å². The molecule has 1 saturated heterocycles. The molecule has 2 aromatic rings. The molecular formula is C20H24ClN3O3S. The van der Waals surface area contributed by atoms with Gasteiger partial charge in [0.1, 0.15) is 6.04 Å². The quantitative estimate of drug-likeness (QED) is 0.742. The molecule has 2 N–H and O–H groups in total. The minimum absolute atomic E-state index is 0.230. The first-order valence-electron chi connectivity index (χ1n) is 9.21. The van der Waals surface area contributed by atoms with E-state index in [-0.39, 0.29) is 10.8 Å². The van der Waals surface area contributed by atoms with Crippen LogP contribution in [0, 0.1) is 6.92 Å². The van der Waals surface area contributed by atoms with Crippen molar-refractivity contribution in [3.63, 3.8) is 0 Å². The van der Waals surface area contributed by atoms with Crippen LogP contribution in [0.4, 0.5) is 11.4 Å². The Morgan fingerprint density at radius 1 is 1.07 bits per heavy atom. The number of nitrogens with zero attached hydrogens (tertiary/aromatic N) is 1. The van der Waals surface area contributed by atoms with Gasteiger partial charge in [-0.25, -0.2) is 8.42 Å². The molecule has 1 aliphatic rings. The van der Waals surface area contributed by atoms with Crippen LogP contribution < -0.4 is 10.6 Å². The first kappa shape index (κ1) is 20.6. The van der Waals surface area contributed by atoms with Gasteiger partial charge in [0.15, 0.2) is 0 Å². The second-order valence-electron chi connectivity index (χ2n) is 6.95. The molecule has 1 fully saturated rings. The van der Waals surface area contributed by atoms with Gasteiger partial charge in [0.25, 0.3) is 0 Å². The maximum absolute atomic E-state index is 12.5. The number of rotatable bonds is 6. The molecule has 6 nitrogen and oxygen atoms in total. The van der Waals surface area contributed by atoms with Crippen LogP contribution in [-0.4, -0.2) is 37.8 Å². The molecule has 0 aliphatic carbocycles. The lowest BCUT2D eigenvalue weighted by Crippen LogP contribution is -2.32. The van der Waals surface area contributed by atoms with Crippen molar-refractivity contribution in [1.29, 1.82) is 0 Å². The number of hydrogen-bond donors (Lipinski definition) is 2. The van der Waals surface area contributed by atoms with Crippen LogP contribution in [0.1, 0.15) is 25.3 Å². The average Bonchev–Trinajstić information content (AvgIpc) is 3.21. The summed E-state index contributed by atoms with van der Waals surface area (Å²) in [6.07, 6.45) is 1.79. The Labute approximate surface area is 170 Å². The Morgan fingerprint density at radius 3 is 2.29 bits per heavy atom. The van der Waals surface area contributed by atoms with E-state index in [0.717, 1.165) is 24.1 Å². The van der Waals surface area contributed by atoms with Gasteiger partial charge in [-0.3, -0.25) is 4.79 Å². The Bertz CT molecular complexity index is 955. The fourth-order valence-electron chi connectivity index (χ4n) is 3.04. The second kappa shape index (κ2) is 8.51. The molecule has 1 atom stereocenters. The largest absolute Gasteiger partial charge is 0.374 e. The predicted molar refractivity (Wildman–Crippen MR) is 112 cm³/mol. The molecule has 1 aliphatic heterocycles. The van der Waals surface area contributed by atoms with Crippen molar-refractivity contribution in [3.05, 3.63) is 53.1 Å². The van der Waals surface area contributed by atoms with Crippen LogP contribution in [-0.2, 0) is 14.8 Å². The molecule has 3 rings (SSSR count). The summed E-state index contributed by atoms with van der Waals surface area (Å²) in [5.41, 5.74) is 2.26. The maximum Gasteiger partial charge on any atom is 0.246 e. The molecule has 0 unspecified atom stereocenters. The predicted octanol–water partition coefficient (Wildman–Crippen LogP) is 3.87. The first-order chi connectivity index (χ1) is 13.3. The zero-order valence-corrected chi connectivity index (χ0v) is 17.5. The van der Waals surface area contributed by atoms with E-state index in [1.165, 1.54) is 16.4 Å². The first-order valence-corrected chi connectivity index (χ1v) is 11.0. The van der Waals surface area contributed by atoms with Crippen molar-refractivity contribution in [2.24, 2.45) is 0 Å². The van der Waals surface area contributed by atoms with E-state index in [1.54, 1.807) is 25.1 Å². The van der Waals surface area contributed by atoms with E-state index < -0.39 is 16.1 Å². The zero-order chi connectivity index (χ0) is 20.3. The highest BCUT2D eigenvalue weighted by molar-refractivity contribution is 7.89. The number of benzene rings is 2. The molecule has 2 aromatic carbocycles. The third kappa shape index (κ3) is 4.66. The summed E-state index contributed by atoms with van der Waals surface area (Å²) in [5, 5.41) is 6.53. The molecular weight excluding hydrogens is 398 g/mol. The number of sulfonamides is 1. The second-order valence-corrected chi connectivity index (χ2v) is 9.30. The molecule has 150 valence electrons. The van der Waals surface area contributed by atoms with Crippen LogP contribution in [0.3, 0.4) is 0 Å². The lowest BCUT2D eigenvalue weighted by Gasteiger charge is -2.17. The van der Waals surface area contributed by atoms with Gasteiger partial charge in [-0.1, -0.05) is 17.7 Å². The Morgan fingerprint density at radius 2 is 1.68 bits per heavy atom. The minimum Gasteiger partial charge on any atom is -0.374 e. The summed E-state index contributed by atoms with van der Waals surface area (Å²) >= 11 is 6.11. The highest BCUT2D eigenvalue weighted by Gasteiger charge is 2.27. The topological polar surface area (TPSA) is 78.5 Å². The van der Waals surface area contributed by atoms with Gasteiger partial charge in [-0.15, -0.1) is 0 Å². The number of hydrogen-bond acceptors (Lipinski definition) is 4. The van der Waals surface area contributed by atoms with Crippen molar-refractivity contribution in [1.82, 2.24) is 4.31 Å². The molecule has 28 heavy (non-hydrogen) atoms. The van der Waals surface area contributed by atoms with E-state index in [4.69, 9.17) is 11.6 Å². The fraction of sp³-hybridized carbons (Fsp3) is 0.350. The van der Waals surface area contributed by atoms with E-state index >= 15 is 0 Å². The van der Waals surface area contributed by atoms with Crippen molar-refractivity contribution >= 4 is 38.9 Å². The standard InChI is InChI=1S/C20H24ClN3O3S/c1-14-5-6-17(13-19(14)21)22-15(2)20(25)23-16-7-9-18(10-8-16)28(26,27)24-11-3-4-12-24/h5-10,13,15,22H,3-4,11-12H2,1-2H3,(H,23,25)/t15-/m1/s1. The van der Waals surface area contributed by atoms with Crippen LogP contribution >= 0.6 is 11.6 Å². The smallest absolute Gasteiger partial charge is 0.246 e. The van der Waals surface area contributed by atoms with Gasteiger partial charge in [0, 0.05) is 29.5 Å². The number of nitrogens with one attached hydrogen (secondary N) is 2. The SMILES string of the molecule is Cc1ccc(N[C@H](C)C(=O)Nc2ccc(S(=O)(=O)N3CCCC3)cc2)cc1Cl. The number of halogens is 1. The number of carbonyl (C=O) groups excluding carboxylic acids is 1. The van der Waals surface area contributed by atoms with E-state index in [0.29, 0.717) is 23.8 Å². The van der Waals surface area contributed by atoms with Crippen molar-refractivity contribution in [3.8, 4) is 0 Å². The zero-order valence-electron chi connectivity index (χ0n) is 15.9.